The second-order valence-electron chi connectivity index (χ2n) is 4.05. The number of aromatic nitrogens is 1. The number of carbonyl (C=O) groups excluding carboxylic acids is 2. The van der Waals surface area contributed by atoms with Gasteiger partial charge in [-0.15, -0.1) is 0 Å². The van der Waals surface area contributed by atoms with Gasteiger partial charge in [0.05, 0.1) is 6.42 Å². The minimum atomic E-state index is -0.00118. The summed E-state index contributed by atoms with van der Waals surface area (Å²) in [5, 5.41) is 0. The quantitative estimate of drug-likeness (QED) is 0.771. The van der Waals surface area contributed by atoms with Gasteiger partial charge >= 0.3 is 0 Å². The van der Waals surface area contributed by atoms with Crippen molar-refractivity contribution in [2.75, 3.05) is 0 Å². The lowest BCUT2D eigenvalue weighted by Gasteiger charge is -2.02. The van der Waals surface area contributed by atoms with E-state index in [1.54, 1.807) is 30.5 Å². The summed E-state index contributed by atoms with van der Waals surface area (Å²) in [6, 6.07) is 12.2. The van der Waals surface area contributed by atoms with Crippen LogP contribution in [0.2, 0.25) is 0 Å². The van der Waals surface area contributed by atoms with E-state index >= 15 is 0 Å². The lowest BCUT2D eigenvalue weighted by Crippen LogP contribution is -2.05. The van der Waals surface area contributed by atoms with Crippen molar-refractivity contribution in [2.24, 2.45) is 0 Å². The first-order valence-electron chi connectivity index (χ1n) is 5.71. The average Bonchev–Trinajstić information content (AvgIpc) is 2.40. The molecule has 0 N–H and O–H groups in total. The van der Waals surface area contributed by atoms with Crippen LogP contribution in [0.1, 0.15) is 33.3 Å². The number of nitrogens with zero attached hydrogens (tertiary/aromatic N) is 1. The van der Waals surface area contributed by atoms with E-state index in [-0.39, 0.29) is 18.0 Å². The molecule has 1 aromatic heterocycles. The van der Waals surface area contributed by atoms with Crippen LogP contribution in [0.4, 0.5) is 0 Å². The Labute approximate surface area is 105 Å². The van der Waals surface area contributed by atoms with Crippen LogP contribution in [0.25, 0.3) is 0 Å². The zero-order valence-electron chi connectivity index (χ0n) is 10.1. The molecule has 0 bridgehead atoms. The average molecular weight is 239 g/mol. The molecule has 1 heterocycles. The molecule has 3 heteroatoms. The largest absolute Gasteiger partial charge is 0.295 e. The second-order valence-corrected chi connectivity index (χ2v) is 4.05. The summed E-state index contributed by atoms with van der Waals surface area (Å²) in [6.45, 7) is 1.50. The SMILES string of the molecule is CC(=O)c1ccc(C(=O)Cc2ccccn2)cc1. The summed E-state index contributed by atoms with van der Waals surface area (Å²) >= 11 is 0. The Morgan fingerprint density at radius 1 is 1.00 bits per heavy atom. The van der Waals surface area contributed by atoms with Gasteiger partial charge in [0.2, 0.25) is 0 Å². The molecule has 3 nitrogen and oxygen atoms in total. The van der Waals surface area contributed by atoms with Crippen LogP contribution in [0.5, 0.6) is 0 Å². The molecular formula is C15H13NO2. The molecule has 0 aliphatic carbocycles. The summed E-state index contributed by atoms with van der Waals surface area (Å²) in [6.07, 6.45) is 1.95. The number of pyridine rings is 1. The predicted octanol–water partition coefficient (Wildman–Crippen LogP) is 2.71. The molecule has 0 radical (unpaired) electrons. The van der Waals surface area contributed by atoms with Crippen LogP contribution in [-0.2, 0) is 6.42 Å². The summed E-state index contributed by atoms with van der Waals surface area (Å²) in [4.78, 5) is 27.2. The van der Waals surface area contributed by atoms with E-state index in [1.165, 1.54) is 6.92 Å². The molecule has 0 saturated carbocycles. The van der Waals surface area contributed by atoms with E-state index in [0.29, 0.717) is 11.1 Å². The van der Waals surface area contributed by atoms with E-state index in [2.05, 4.69) is 4.98 Å². The Hall–Kier alpha value is -2.29. The van der Waals surface area contributed by atoms with Crippen molar-refractivity contribution in [2.45, 2.75) is 13.3 Å². The van der Waals surface area contributed by atoms with Gasteiger partial charge in [-0.25, -0.2) is 0 Å². The molecule has 0 aliphatic heterocycles. The molecule has 0 atom stereocenters. The summed E-state index contributed by atoms with van der Waals surface area (Å²) in [5.41, 5.74) is 1.97. The molecule has 0 fully saturated rings. The molecule has 0 spiro atoms. The number of rotatable bonds is 4. The van der Waals surface area contributed by atoms with Crippen LogP contribution < -0.4 is 0 Å². The third-order valence-electron chi connectivity index (χ3n) is 2.68. The van der Waals surface area contributed by atoms with Gasteiger partial charge in [0.1, 0.15) is 0 Å². The Morgan fingerprint density at radius 3 is 2.22 bits per heavy atom. The van der Waals surface area contributed by atoms with Crippen molar-refractivity contribution in [3.05, 3.63) is 65.5 Å². The molecule has 0 saturated heterocycles. The Balaban J connectivity index is 2.12. The van der Waals surface area contributed by atoms with Gasteiger partial charge in [-0.05, 0) is 19.1 Å². The van der Waals surface area contributed by atoms with Gasteiger partial charge < -0.3 is 0 Å². The van der Waals surface area contributed by atoms with Gasteiger partial charge in [-0.1, -0.05) is 30.3 Å². The first-order chi connectivity index (χ1) is 8.66. The standard InChI is InChI=1S/C15H13NO2/c1-11(17)12-5-7-13(8-6-12)15(18)10-14-4-2-3-9-16-14/h2-9H,10H2,1H3. The molecule has 18 heavy (non-hydrogen) atoms. The van der Waals surface area contributed by atoms with Crippen LogP contribution in [0.15, 0.2) is 48.7 Å². The third kappa shape index (κ3) is 2.88. The van der Waals surface area contributed by atoms with Gasteiger partial charge in [0, 0.05) is 23.0 Å². The zero-order valence-corrected chi connectivity index (χ0v) is 10.1. The highest BCUT2D eigenvalue weighted by Gasteiger charge is 2.08. The molecule has 2 aromatic rings. The highest BCUT2D eigenvalue weighted by molar-refractivity contribution is 5.99. The lowest BCUT2D eigenvalue weighted by atomic mass is 10.0. The zero-order chi connectivity index (χ0) is 13.0. The number of Topliss-reactive ketones (excluding diaryl/α,β-unsaturated/α-hetero) is 2. The monoisotopic (exact) mass is 239 g/mol. The lowest BCUT2D eigenvalue weighted by molar-refractivity contribution is 0.0986. The number of ketones is 2. The van der Waals surface area contributed by atoms with Crippen molar-refractivity contribution in [1.82, 2.24) is 4.98 Å². The predicted molar refractivity (Wildman–Crippen MR) is 68.7 cm³/mol. The first kappa shape index (κ1) is 12.2. The van der Waals surface area contributed by atoms with Gasteiger partial charge in [0.15, 0.2) is 11.6 Å². The minimum Gasteiger partial charge on any atom is -0.295 e. The fourth-order valence-electron chi connectivity index (χ4n) is 1.66. The first-order valence-corrected chi connectivity index (χ1v) is 5.71. The molecule has 1 aromatic carbocycles. The van der Waals surface area contributed by atoms with E-state index in [4.69, 9.17) is 0 Å². The molecular weight excluding hydrogens is 226 g/mol. The molecule has 90 valence electrons. The second kappa shape index (κ2) is 5.36. The third-order valence-corrected chi connectivity index (χ3v) is 2.68. The maximum absolute atomic E-state index is 12.0. The Bertz CT molecular complexity index is 559. The van der Waals surface area contributed by atoms with Crippen LogP contribution in [0, 0.1) is 0 Å². The Kier molecular flexibility index (Phi) is 3.63. The van der Waals surface area contributed by atoms with Crippen molar-refractivity contribution < 1.29 is 9.59 Å². The highest BCUT2D eigenvalue weighted by Crippen LogP contribution is 2.08. The molecule has 0 amide bonds. The maximum Gasteiger partial charge on any atom is 0.168 e. The van der Waals surface area contributed by atoms with E-state index in [9.17, 15) is 9.59 Å². The fourth-order valence-corrected chi connectivity index (χ4v) is 1.66. The number of benzene rings is 1. The van der Waals surface area contributed by atoms with E-state index in [1.807, 2.05) is 18.2 Å². The minimum absolute atomic E-state index is 0.00118. The number of hydrogen-bond donors (Lipinski definition) is 0. The fraction of sp³-hybridized carbons (Fsp3) is 0.133. The summed E-state index contributed by atoms with van der Waals surface area (Å²) in [5.74, 6) is 0.00234. The summed E-state index contributed by atoms with van der Waals surface area (Å²) < 4.78 is 0. The van der Waals surface area contributed by atoms with Crippen LogP contribution >= 0.6 is 0 Å². The van der Waals surface area contributed by atoms with Gasteiger partial charge in [-0.3, -0.25) is 14.6 Å². The number of carbonyl (C=O) groups is 2. The highest BCUT2D eigenvalue weighted by atomic mass is 16.1. The topological polar surface area (TPSA) is 47.0 Å². The summed E-state index contributed by atoms with van der Waals surface area (Å²) in [7, 11) is 0. The van der Waals surface area contributed by atoms with Crippen molar-refractivity contribution in [1.29, 1.82) is 0 Å². The smallest absolute Gasteiger partial charge is 0.168 e. The van der Waals surface area contributed by atoms with E-state index in [0.717, 1.165) is 5.69 Å². The van der Waals surface area contributed by atoms with Crippen molar-refractivity contribution >= 4 is 11.6 Å². The Morgan fingerprint density at radius 2 is 1.67 bits per heavy atom. The van der Waals surface area contributed by atoms with Crippen LogP contribution in [-0.4, -0.2) is 16.6 Å². The van der Waals surface area contributed by atoms with Crippen molar-refractivity contribution in [3.8, 4) is 0 Å². The normalized spacial score (nSPS) is 10.1. The molecule has 2 rings (SSSR count). The van der Waals surface area contributed by atoms with Gasteiger partial charge in [0.25, 0.3) is 0 Å². The van der Waals surface area contributed by atoms with Gasteiger partial charge in [-0.2, -0.15) is 0 Å². The maximum atomic E-state index is 12.0. The molecule has 0 unspecified atom stereocenters. The van der Waals surface area contributed by atoms with Crippen molar-refractivity contribution in [3.63, 3.8) is 0 Å². The number of hydrogen-bond acceptors (Lipinski definition) is 3. The van der Waals surface area contributed by atoms with E-state index < -0.39 is 0 Å². The molecule has 0 aliphatic rings. The van der Waals surface area contributed by atoms with Crippen LogP contribution in [0.3, 0.4) is 0 Å².